The molecular weight excluding hydrogens is 255 g/mol. The highest BCUT2D eigenvalue weighted by Gasteiger charge is 2.12. The highest BCUT2D eigenvalue weighted by molar-refractivity contribution is 5.24. The van der Waals surface area contributed by atoms with E-state index in [0.717, 1.165) is 29.9 Å². The Kier molecular flexibility index (Phi) is 5.24. The largest absolute Gasteiger partial charge is 0.325 e. The summed E-state index contributed by atoms with van der Waals surface area (Å²) in [5.74, 6) is -0.220. The zero-order valence-electron chi connectivity index (χ0n) is 11.8. The molecule has 0 radical (unpaired) electrons. The lowest BCUT2D eigenvalue weighted by atomic mass is 10.1. The normalized spacial score (nSPS) is 10.9. The number of aromatic nitrogens is 3. The zero-order chi connectivity index (χ0) is 14.4. The molecule has 0 amide bonds. The Bertz CT molecular complexity index is 533. The number of halogens is 1. The third-order valence-corrected chi connectivity index (χ3v) is 3.37. The van der Waals surface area contributed by atoms with E-state index in [1.54, 1.807) is 12.1 Å². The SMILES string of the molecule is CCCCCn1nnc(CN)c1Cc1ccc(F)cc1. The van der Waals surface area contributed by atoms with Crippen LogP contribution in [0.3, 0.4) is 0 Å². The molecule has 1 heterocycles. The van der Waals surface area contributed by atoms with Crippen molar-refractivity contribution in [1.29, 1.82) is 0 Å². The van der Waals surface area contributed by atoms with Gasteiger partial charge in [-0.15, -0.1) is 5.10 Å². The van der Waals surface area contributed by atoms with Crippen LogP contribution in [-0.4, -0.2) is 15.0 Å². The highest BCUT2D eigenvalue weighted by Crippen LogP contribution is 2.14. The summed E-state index contributed by atoms with van der Waals surface area (Å²) in [4.78, 5) is 0. The van der Waals surface area contributed by atoms with Gasteiger partial charge in [0.2, 0.25) is 0 Å². The predicted octanol–water partition coefficient (Wildman–Crippen LogP) is 2.66. The second-order valence-corrected chi connectivity index (χ2v) is 4.92. The van der Waals surface area contributed by atoms with Crippen LogP contribution in [0.5, 0.6) is 0 Å². The molecule has 5 heteroatoms. The van der Waals surface area contributed by atoms with Crippen LogP contribution in [0, 0.1) is 5.82 Å². The molecule has 0 unspecified atom stereocenters. The molecule has 0 spiro atoms. The molecule has 0 fully saturated rings. The number of unbranched alkanes of at least 4 members (excludes halogenated alkanes) is 2. The maximum atomic E-state index is 12.9. The average molecular weight is 276 g/mol. The number of rotatable bonds is 7. The molecule has 2 N–H and O–H groups in total. The van der Waals surface area contributed by atoms with Crippen molar-refractivity contribution in [3.63, 3.8) is 0 Å². The van der Waals surface area contributed by atoms with Gasteiger partial charge in [-0.25, -0.2) is 9.07 Å². The van der Waals surface area contributed by atoms with Crippen molar-refractivity contribution in [3.05, 3.63) is 47.0 Å². The van der Waals surface area contributed by atoms with Crippen molar-refractivity contribution in [2.45, 2.75) is 45.7 Å². The Labute approximate surface area is 118 Å². The number of nitrogens with zero attached hydrogens (tertiary/aromatic N) is 3. The van der Waals surface area contributed by atoms with Gasteiger partial charge >= 0.3 is 0 Å². The van der Waals surface area contributed by atoms with Crippen molar-refractivity contribution in [2.24, 2.45) is 5.73 Å². The molecule has 2 aromatic rings. The van der Waals surface area contributed by atoms with Gasteiger partial charge in [0.05, 0.1) is 11.4 Å². The number of aryl methyl sites for hydroxylation is 1. The van der Waals surface area contributed by atoms with Crippen LogP contribution in [0.15, 0.2) is 24.3 Å². The standard InChI is InChI=1S/C15H21FN4/c1-2-3-4-9-20-15(14(11-17)18-19-20)10-12-5-7-13(16)8-6-12/h5-8H,2-4,9-11,17H2,1H3. The van der Waals surface area contributed by atoms with E-state index in [1.165, 1.54) is 25.0 Å². The average Bonchev–Trinajstić information content (AvgIpc) is 2.84. The van der Waals surface area contributed by atoms with Gasteiger partial charge in [-0.3, -0.25) is 0 Å². The van der Waals surface area contributed by atoms with Gasteiger partial charge in [-0.1, -0.05) is 37.1 Å². The summed E-state index contributed by atoms with van der Waals surface area (Å²) in [7, 11) is 0. The third-order valence-electron chi connectivity index (χ3n) is 3.37. The van der Waals surface area contributed by atoms with Gasteiger partial charge in [0.1, 0.15) is 5.82 Å². The van der Waals surface area contributed by atoms with E-state index < -0.39 is 0 Å². The number of benzene rings is 1. The van der Waals surface area contributed by atoms with Crippen molar-refractivity contribution < 1.29 is 4.39 Å². The third kappa shape index (κ3) is 3.63. The molecule has 1 aromatic carbocycles. The Balaban J connectivity index is 2.15. The molecule has 20 heavy (non-hydrogen) atoms. The van der Waals surface area contributed by atoms with Gasteiger partial charge in [0, 0.05) is 19.5 Å². The van der Waals surface area contributed by atoms with Gasteiger partial charge in [0.25, 0.3) is 0 Å². The molecule has 108 valence electrons. The molecule has 0 atom stereocenters. The molecule has 0 saturated heterocycles. The van der Waals surface area contributed by atoms with Crippen molar-refractivity contribution in [2.75, 3.05) is 0 Å². The quantitative estimate of drug-likeness (QED) is 0.791. The summed E-state index contributed by atoms with van der Waals surface area (Å²) in [5, 5.41) is 8.33. The highest BCUT2D eigenvalue weighted by atomic mass is 19.1. The van der Waals surface area contributed by atoms with Crippen molar-refractivity contribution in [3.8, 4) is 0 Å². The maximum Gasteiger partial charge on any atom is 0.123 e. The molecule has 2 rings (SSSR count). The lowest BCUT2D eigenvalue weighted by Crippen LogP contribution is -2.09. The fraction of sp³-hybridized carbons (Fsp3) is 0.467. The lowest BCUT2D eigenvalue weighted by Gasteiger charge is -2.08. The zero-order valence-corrected chi connectivity index (χ0v) is 11.8. The molecule has 0 aliphatic rings. The van der Waals surface area contributed by atoms with E-state index >= 15 is 0 Å². The van der Waals surface area contributed by atoms with E-state index in [2.05, 4.69) is 17.2 Å². The molecular formula is C15H21FN4. The van der Waals surface area contributed by atoms with Gasteiger partial charge in [-0.2, -0.15) is 0 Å². The van der Waals surface area contributed by atoms with Crippen molar-refractivity contribution in [1.82, 2.24) is 15.0 Å². The first-order valence-electron chi connectivity index (χ1n) is 7.10. The molecule has 0 saturated carbocycles. The summed E-state index contributed by atoms with van der Waals surface area (Å²) in [5.41, 5.74) is 8.62. The summed E-state index contributed by atoms with van der Waals surface area (Å²) in [6.45, 7) is 3.41. The minimum Gasteiger partial charge on any atom is -0.325 e. The van der Waals surface area contributed by atoms with E-state index in [4.69, 9.17) is 5.73 Å². The second-order valence-electron chi connectivity index (χ2n) is 4.92. The summed E-state index contributed by atoms with van der Waals surface area (Å²) < 4.78 is 14.9. The first-order valence-corrected chi connectivity index (χ1v) is 7.10. The van der Waals surface area contributed by atoms with Gasteiger partial charge in [0.15, 0.2) is 0 Å². The minimum atomic E-state index is -0.220. The van der Waals surface area contributed by atoms with E-state index in [0.29, 0.717) is 13.0 Å². The smallest absolute Gasteiger partial charge is 0.123 e. The molecule has 0 aliphatic carbocycles. The topological polar surface area (TPSA) is 56.7 Å². The first kappa shape index (κ1) is 14.7. The molecule has 1 aromatic heterocycles. The Hall–Kier alpha value is -1.75. The van der Waals surface area contributed by atoms with Crippen LogP contribution in [0.2, 0.25) is 0 Å². The number of hydrogen-bond donors (Lipinski definition) is 1. The van der Waals surface area contributed by atoms with Crippen LogP contribution in [-0.2, 0) is 19.5 Å². The Morgan fingerprint density at radius 1 is 1.20 bits per heavy atom. The van der Waals surface area contributed by atoms with Crippen LogP contribution >= 0.6 is 0 Å². The number of nitrogens with two attached hydrogens (primary N) is 1. The fourth-order valence-corrected chi connectivity index (χ4v) is 2.21. The monoisotopic (exact) mass is 276 g/mol. The van der Waals surface area contributed by atoms with Gasteiger partial charge < -0.3 is 5.73 Å². The van der Waals surface area contributed by atoms with Gasteiger partial charge in [-0.05, 0) is 24.1 Å². The predicted molar refractivity (Wildman–Crippen MR) is 76.6 cm³/mol. The van der Waals surface area contributed by atoms with Crippen molar-refractivity contribution >= 4 is 0 Å². The van der Waals surface area contributed by atoms with E-state index in [-0.39, 0.29) is 5.82 Å². The van der Waals surface area contributed by atoms with Crippen LogP contribution in [0.1, 0.15) is 43.1 Å². The van der Waals surface area contributed by atoms with Crippen LogP contribution in [0.4, 0.5) is 4.39 Å². The van der Waals surface area contributed by atoms with E-state index in [9.17, 15) is 4.39 Å². The fourth-order valence-electron chi connectivity index (χ4n) is 2.21. The molecule has 4 nitrogen and oxygen atoms in total. The summed E-state index contributed by atoms with van der Waals surface area (Å²) in [6, 6.07) is 6.53. The van der Waals surface area contributed by atoms with E-state index in [1.807, 2.05) is 4.68 Å². The first-order chi connectivity index (χ1) is 9.74. The Morgan fingerprint density at radius 3 is 2.60 bits per heavy atom. The lowest BCUT2D eigenvalue weighted by molar-refractivity contribution is 0.523. The molecule has 0 bridgehead atoms. The minimum absolute atomic E-state index is 0.220. The van der Waals surface area contributed by atoms with Crippen LogP contribution in [0.25, 0.3) is 0 Å². The maximum absolute atomic E-state index is 12.9. The second kappa shape index (κ2) is 7.14. The summed E-state index contributed by atoms with van der Waals surface area (Å²) >= 11 is 0. The molecule has 0 aliphatic heterocycles. The van der Waals surface area contributed by atoms with Crippen LogP contribution < -0.4 is 5.73 Å². The number of hydrogen-bond acceptors (Lipinski definition) is 3. The summed E-state index contributed by atoms with van der Waals surface area (Å²) in [6.07, 6.45) is 4.12. The Morgan fingerprint density at radius 2 is 1.95 bits per heavy atom.